The van der Waals surface area contributed by atoms with Crippen LogP contribution >= 0.6 is 0 Å². The molecule has 0 bridgehead atoms. The van der Waals surface area contributed by atoms with E-state index in [1.807, 2.05) is 12.1 Å². The van der Waals surface area contributed by atoms with E-state index in [1.165, 1.54) is 4.57 Å². The van der Waals surface area contributed by atoms with Gasteiger partial charge in [-0.25, -0.2) is 15.6 Å². The monoisotopic (exact) mass is 245 g/mol. The molecule has 2 aromatic heterocycles. The second-order valence-electron chi connectivity index (χ2n) is 3.90. The van der Waals surface area contributed by atoms with E-state index in [0.29, 0.717) is 11.5 Å². The Hall–Kier alpha value is -2.54. The van der Waals surface area contributed by atoms with Gasteiger partial charge in [0.15, 0.2) is 5.58 Å². The van der Waals surface area contributed by atoms with E-state index >= 15 is 0 Å². The maximum Gasteiger partial charge on any atom is 0.419 e. The van der Waals surface area contributed by atoms with Gasteiger partial charge >= 0.3 is 5.76 Å². The number of anilines is 1. The average Bonchev–Trinajstić information content (AvgIpc) is 2.96. The lowest BCUT2D eigenvalue weighted by molar-refractivity contribution is 0.528. The largest absolute Gasteiger partial charge is 0.419 e. The predicted octanol–water partition coefficient (Wildman–Crippen LogP) is 0.807. The van der Waals surface area contributed by atoms with Gasteiger partial charge in [-0.2, -0.15) is 0 Å². The second kappa shape index (κ2) is 3.74. The number of oxazole rings is 1. The van der Waals surface area contributed by atoms with E-state index in [4.69, 9.17) is 10.3 Å². The van der Waals surface area contributed by atoms with E-state index in [-0.39, 0.29) is 5.76 Å². The molecule has 92 valence electrons. The Balaban J connectivity index is 2.18. The fraction of sp³-hybridized carbons (Fsp3) is 0.0909. The van der Waals surface area contributed by atoms with Crippen molar-refractivity contribution < 1.29 is 4.42 Å². The van der Waals surface area contributed by atoms with Crippen LogP contribution < -0.4 is 17.0 Å². The van der Waals surface area contributed by atoms with Crippen molar-refractivity contribution in [1.82, 2.24) is 14.5 Å². The Morgan fingerprint density at radius 1 is 1.50 bits per heavy atom. The highest BCUT2D eigenvalue weighted by Gasteiger charge is 2.08. The maximum atomic E-state index is 11.4. The van der Waals surface area contributed by atoms with Crippen LogP contribution in [0, 0.1) is 0 Å². The van der Waals surface area contributed by atoms with Crippen LogP contribution in [0.5, 0.6) is 0 Å². The number of imidazole rings is 1. The molecule has 0 saturated carbocycles. The van der Waals surface area contributed by atoms with Gasteiger partial charge in [-0.3, -0.25) is 9.99 Å². The number of H-pyrrole nitrogens is 1. The van der Waals surface area contributed by atoms with Crippen molar-refractivity contribution in [2.24, 2.45) is 12.9 Å². The fourth-order valence-electron chi connectivity index (χ4n) is 1.84. The van der Waals surface area contributed by atoms with Crippen LogP contribution in [0.2, 0.25) is 0 Å². The highest BCUT2D eigenvalue weighted by Crippen LogP contribution is 2.23. The van der Waals surface area contributed by atoms with Crippen molar-refractivity contribution in [3.63, 3.8) is 0 Å². The summed E-state index contributed by atoms with van der Waals surface area (Å²) in [6.45, 7) is 0. The van der Waals surface area contributed by atoms with Crippen LogP contribution in [0.15, 0.2) is 33.6 Å². The number of benzene rings is 1. The third-order valence-electron chi connectivity index (χ3n) is 2.81. The fourth-order valence-corrected chi connectivity index (χ4v) is 1.84. The summed E-state index contributed by atoms with van der Waals surface area (Å²) in [6, 6.07) is 5.45. The van der Waals surface area contributed by atoms with Gasteiger partial charge in [0.05, 0.1) is 17.4 Å². The standard InChI is InChI=1S/C11H11N5O2/c1-16-8-4-6(2-3-9(8)18-11(16)17)7-5-13-10(14-7)15-12/h2-5H,12H2,1H3,(H2,13,14,15). The lowest BCUT2D eigenvalue weighted by Gasteiger charge is -1.98. The molecule has 0 atom stereocenters. The molecule has 0 aliphatic heterocycles. The third-order valence-corrected chi connectivity index (χ3v) is 2.81. The molecule has 4 N–H and O–H groups in total. The van der Waals surface area contributed by atoms with Gasteiger partial charge in [-0.15, -0.1) is 0 Å². The van der Waals surface area contributed by atoms with Gasteiger partial charge in [0.25, 0.3) is 0 Å². The molecule has 0 unspecified atom stereocenters. The summed E-state index contributed by atoms with van der Waals surface area (Å²) in [5.74, 6) is 5.35. The minimum Gasteiger partial charge on any atom is -0.408 e. The summed E-state index contributed by atoms with van der Waals surface area (Å²) in [4.78, 5) is 18.4. The zero-order valence-electron chi connectivity index (χ0n) is 9.60. The van der Waals surface area contributed by atoms with Gasteiger partial charge in [-0.05, 0) is 18.2 Å². The summed E-state index contributed by atoms with van der Waals surface area (Å²) in [5.41, 5.74) is 5.42. The van der Waals surface area contributed by atoms with Crippen molar-refractivity contribution in [1.29, 1.82) is 0 Å². The first-order valence-electron chi connectivity index (χ1n) is 5.30. The minimum atomic E-state index is -0.379. The van der Waals surface area contributed by atoms with Crippen LogP contribution in [0.4, 0.5) is 5.95 Å². The highest BCUT2D eigenvalue weighted by atomic mass is 16.4. The molecule has 7 nitrogen and oxygen atoms in total. The molecular formula is C11H11N5O2. The Bertz CT molecular complexity index is 767. The van der Waals surface area contributed by atoms with Crippen LogP contribution in [-0.2, 0) is 7.05 Å². The Kier molecular flexibility index (Phi) is 2.20. The van der Waals surface area contributed by atoms with Crippen molar-refractivity contribution in [2.75, 3.05) is 5.43 Å². The summed E-state index contributed by atoms with van der Waals surface area (Å²) in [6.07, 6.45) is 1.66. The smallest absolute Gasteiger partial charge is 0.408 e. The SMILES string of the molecule is Cn1c(=O)oc2ccc(-c3cnc(NN)[nH]3)cc21. The first kappa shape index (κ1) is 10.6. The number of hydrogen-bond donors (Lipinski definition) is 3. The quantitative estimate of drug-likeness (QED) is 0.458. The zero-order chi connectivity index (χ0) is 12.7. The predicted molar refractivity (Wildman–Crippen MR) is 66.8 cm³/mol. The third kappa shape index (κ3) is 1.49. The molecular weight excluding hydrogens is 234 g/mol. The molecule has 18 heavy (non-hydrogen) atoms. The van der Waals surface area contributed by atoms with Crippen molar-refractivity contribution >= 4 is 17.0 Å². The van der Waals surface area contributed by atoms with Gasteiger partial charge < -0.3 is 9.40 Å². The van der Waals surface area contributed by atoms with E-state index in [9.17, 15) is 4.79 Å². The molecule has 3 rings (SSSR count). The number of rotatable bonds is 2. The molecule has 0 saturated heterocycles. The normalized spacial score (nSPS) is 11.0. The summed E-state index contributed by atoms with van der Waals surface area (Å²) < 4.78 is 6.52. The van der Waals surface area contributed by atoms with Crippen LogP contribution in [-0.4, -0.2) is 14.5 Å². The van der Waals surface area contributed by atoms with Gasteiger partial charge in [0.1, 0.15) is 0 Å². The zero-order valence-corrected chi connectivity index (χ0v) is 9.60. The Morgan fingerprint density at radius 2 is 2.33 bits per heavy atom. The lowest BCUT2D eigenvalue weighted by Crippen LogP contribution is -2.08. The molecule has 0 radical (unpaired) electrons. The van der Waals surface area contributed by atoms with E-state index in [1.54, 1.807) is 19.3 Å². The highest BCUT2D eigenvalue weighted by molar-refractivity contribution is 5.79. The number of nitrogens with two attached hydrogens (primary N) is 1. The first-order chi connectivity index (χ1) is 8.69. The second-order valence-corrected chi connectivity index (χ2v) is 3.90. The summed E-state index contributed by atoms with van der Waals surface area (Å²) in [5, 5.41) is 0. The number of aromatic amines is 1. The maximum absolute atomic E-state index is 11.4. The minimum absolute atomic E-state index is 0.379. The number of aryl methyl sites for hydroxylation is 1. The molecule has 1 aromatic carbocycles. The molecule has 0 aliphatic carbocycles. The topological polar surface area (TPSA) is 102 Å². The lowest BCUT2D eigenvalue weighted by atomic mass is 10.1. The van der Waals surface area contributed by atoms with Gasteiger partial charge in [0, 0.05) is 12.6 Å². The number of nitrogen functional groups attached to an aromatic ring is 1. The number of aromatic nitrogens is 3. The van der Waals surface area contributed by atoms with Crippen LogP contribution in [0.25, 0.3) is 22.4 Å². The molecule has 0 aliphatic rings. The summed E-state index contributed by atoms with van der Waals surface area (Å²) >= 11 is 0. The van der Waals surface area contributed by atoms with Crippen molar-refractivity contribution in [2.45, 2.75) is 0 Å². The molecule has 2 heterocycles. The number of fused-ring (bicyclic) bond motifs is 1. The number of nitrogens with zero attached hydrogens (tertiary/aromatic N) is 2. The van der Waals surface area contributed by atoms with Crippen LogP contribution in [0.1, 0.15) is 0 Å². The number of hydrazine groups is 1. The van der Waals surface area contributed by atoms with E-state index < -0.39 is 0 Å². The molecule has 3 aromatic rings. The van der Waals surface area contributed by atoms with E-state index in [0.717, 1.165) is 16.8 Å². The number of hydrogen-bond acceptors (Lipinski definition) is 5. The van der Waals surface area contributed by atoms with Crippen molar-refractivity contribution in [3.8, 4) is 11.3 Å². The number of nitrogens with one attached hydrogen (secondary N) is 2. The molecule has 0 fully saturated rings. The molecule has 0 spiro atoms. The van der Waals surface area contributed by atoms with Gasteiger partial charge in [0.2, 0.25) is 5.95 Å². The van der Waals surface area contributed by atoms with Crippen molar-refractivity contribution in [3.05, 3.63) is 34.9 Å². The summed E-state index contributed by atoms with van der Waals surface area (Å²) in [7, 11) is 1.66. The van der Waals surface area contributed by atoms with Crippen LogP contribution in [0.3, 0.4) is 0 Å². The first-order valence-corrected chi connectivity index (χ1v) is 5.30. The molecule has 7 heteroatoms. The Labute approximate surface area is 101 Å². The molecule has 0 amide bonds. The average molecular weight is 245 g/mol. The van der Waals surface area contributed by atoms with Gasteiger partial charge in [-0.1, -0.05) is 0 Å². The Morgan fingerprint density at radius 3 is 3.06 bits per heavy atom. The van der Waals surface area contributed by atoms with E-state index in [2.05, 4.69) is 15.4 Å².